The van der Waals surface area contributed by atoms with E-state index in [9.17, 15) is 8.42 Å². The summed E-state index contributed by atoms with van der Waals surface area (Å²) in [7, 11) is -3.65. The van der Waals surface area contributed by atoms with Crippen LogP contribution in [-0.4, -0.2) is 19.5 Å². The van der Waals surface area contributed by atoms with Gasteiger partial charge in [-0.2, -0.15) is 0 Å². The highest BCUT2D eigenvalue weighted by molar-refractivity contribution is 7.92. The van der Waals surface area contributed by atoms with E-state index in [0.717, 1.165) is 17.0 Å². The molecule has 28 heavy (non-hydrogen) atoms. The lowest BCUT2D eigenvalue weighted by Gasteiger charge is -2.11. The Morgan fingerprint density at radius 2 is 1.68 bits per heavy atom. The lowest BCUT2D eigenvalue weighted by Crippen LogP contribution is -2.13. The number of nitrogens with zero attached hydrogens (tertiary/aromatic N) is 1. The van der Waals surface area contributed by atoms with Gasteiger partial charge in [0, 0.05) is 5.69 Å². The minimum Gasteiger partial charge on any atom is -0.491 e. The summed E-state index contributed by atoms with van der Waals surface area (Å²) in [6.45, 7) is 5.80. The molecule has 0 saturated carbocycles. The Balaban J connectivity index is 1.66. The zero-order chi connectivity index (χ0) is 20.1. The number of hydrogen-bond acceptors (Lipinski definition) is 5. The second-order valence-electron chi connectivity index (χ2n) is 6.67. The fraction of sp³-hybridized carbons (Fsp3) is 0.190. The van der Waals surface area contributed by atoms with Crippen molar-refractivity contribution in [1.82, 2.24) is 4.98 Å². The first-order chi connectivity index (χ1) is 13.3. The normalized spacial score (nSPS) is 11.3. The maximum atomic E-state index is 12.5. The van der Waals surface area contributed by atoms with Gasteiger partial charge in [0.25, 0.3) is 10.0 Å². The third-order valence-electron chi connectivity index (χ3n) is 3.81. The number of rotatable bonds is 7. The van der Waals surface area contributed by atoms with Crippen LogP contribution in [0.3, 0.4) is 0 Å². The highest BCUT2D eigenvalue weighted by atomic mass is 32.2. The maximum Gasteiger partial charge on any atom is 0.261 e. The quantitative estimate of drug-likeness (QED) is 0.603. The standard InChI is InChI=1S/C21H23N3O3S/c1-15(2)27-19-10-7-17(8-11-19)23-21-12-9-18(14-22-21)24-28(25,26)20-6-4-5-16(3)13-20/h4-15,24H,1-3H3,(H,22,23). The molecule has 3 rings (SSSR count). The average Bonchev–Trinajstić information content (AvgIpc) is 2.64. The minimum absolute atomic E-state index is 0.122. The lowest BCUT2D eigenvalue weighted by molar-refractivity contribution is 0.242. The van der Waals surface area contributed by atoms with Crippen LogP contribution in [0.5, 0.6) is 5.75 Å². The molecule has 6 nitrogen and oxygen atoms in total. The Morgan fingerprint density at radius 1 is 0.964 bits per heavy atom. The van der Waals surface area contributed by atoms with E-state index in [1.54, 1.807) is 30.3 Å². The van der Waals surface area contributed by atoms with E-state index in [4.69, 9.17) is 4.74 Å². The molecule has 146 valence electrons. The zero-order valence-electron chi connectivity index (χ0n) is 16.0. The van der Waals surface area contributed by atoms with Crippen LogP contribution in [0.25, 0.3) is 0 Å². The zero-order valence-corrected chi connectivity index (χ0v) is 16.8. The van der Waals surface area contributed by atoms with E-state index in [-0.39, 0.29) is 11.0 Å². The monoisotopic (exact) mass is 397 g/mol. The molecule has 0 saturated heterocycles. The Morgan fingerprint density at radius 3 is 2.29 bits per heavy atom. The van der Waals surface area contributed by atoms with Crippen LogP contribution in [-0.2, 0) is 10.0 Å². The van der Waals surface area contributed by atoms with Crippen molar-refractivity contribution < 1.29 is 13.2 Å². The molecule has 0 amide bonds. The Labute approximate surface area is 165 Å². The maximum absolute atomic E-state index is 12.5. The third kappa shape index (κ3) is 5.23. The predicted molar refractivity (Wildman–Crippen MR) is 112 cm³/mol. The number of benzene rings is 2. The molecule has 2 N–H and O–H groups in total. The molecule has 7 heteroatoms. The van der Waals surface area contributed by atoms with Crippen LogP contribution < -0.4 is 14.8 Å². The Hall–Kier alpha value is -3.06. The number of sulfonamides is 1. The van der Waals surface area contributed by atoms with E-state index in [1.165, 1.54) is 6.20 Å². The summed E-state index contributed by atoms with van der Waals surface area (Å²) in [6.07, 6.45) is 1.60. The van der Waals surface area contributed by atoms with E-state index in [2.05, 4.69) is 15.0 Å². The van der Waals surface area contributed by atoms with Gasteiger partial charge in [-0.1, -0.05) is 12.1 Å². The molecule has 0 aliphatic heterocycles. The van der Waals surface area contributed by atoms with E-state index in [0.29, 0.717) is 11.5 Å². The second-order valence-corrected chi connectivity index (χ2v) is 8.35. The SMILES string of the molecule is Cc1cccc(S(=O)(=O)Nc2ccc(Nc3ccc(OC(C)C)cc3)nc2)c1. The number of ether oxygens (including phenoxy) is 1. The van der Waals surface area contributed by atoms with Crippen molar-refractivity contribution in [3.63, 3.8) is 0 Å². The lowest BCUT2D eigenvalue weighted by atomic mass is 10.2. The summed E-state index contributed by atoms with van der Waals surface area (Å²) in [5.41, 5.74) is 2.13. The fourth-order valence-electron chi connectivity index (χ4n) is 2.56. The van der Waals surface area contributed by atoms with Gasteiger partial charge in [0.1, 0.15) is 11.6 Å². The van der Waals surface area contributed by atoms with Gasteiger partial charge >= 0.3 is 0 Å². The largest absolute Gasteiger partial charge is 0.491 e. The van der Waals surface area contributed by atoms with Gasteiger partial charge in [0.05, 0.1) is 22.9 Å². The first kappa shape index (κ1) is 19.7. The van der Waals surface area contributed by atoms with E-state index < -0.39 is 10.0 Å². The molecule has 3 aromatic rings. The summed E-state index contributed by atoms with van der Waals surface area (Å²) in [5.74, 6) is 1.41. The van der Waals surface area contributed by atoms with Crippen LogP contribution in [0.2, 0.25) is 0 Å². The first-order valence-electron chi connectivity index (χ1n) is 8.91. The molecular formula is C21H23N3O3S. The van der Waals surface area contributed by atoms with E-state index >= 15 is 0 Å². The second kappa shape index (κ2) is 8.31. The Kier molecular flexibility index (Phi) is 5.84. The molecule has 0 radical (unpaired) electrons. The van der Waals surface area contributed by atoms with Gasteiger partial charge in [-0.25, -0.2) is 13.4 Å². The molecule has 1 heterocycles. The van der Waals surface area contributed by atoms with Crippen molar-refractivity contribution in [3.05, 3.63) is 72.4 Å². The summed E-state index contributed by atoms with van der Waals surface area (Å²) < 4.78 is 33.1. The third-order valence-corrected chi connectivity index (χ3v) is 5.19. The predicted octanol–water partition coefficient (Wildman–Crippen LogP) is 4.72. The van der Waals surface area contributed by atoms with Crippen LogP contribution in [0.1, 0.15) is 19.4 Å². The van der Waals surface area contributed by atoms with Crippen LogP contribution in [0, 0.1) is 6.92 Å². The molecular weight excluding hydrogens is 374 g/mol. The number of nitrogens with one attached hydrogen (secondary N) is 2. The summed E-state index contributed by atoms with van der Waals surface area (Å²) >= 11 is 0. The van der Waals surface area contributed by atoms with Gasteiger partial charge in [-0.3, -0.25) is 4.72 Å². The van der Waals surface area contributed by atoms with E-state index in [1.807, 2.05) is 51.1 Å². The van der Waals surface area contributed by atoms with Crippen molar-refractivity contribution in [2.45, 2.75) is 31.8 Å². The number of aryl methyl sites for hydroxylation is 1. The summed E-state index contributed by atoms with van der Waals surface area (Å²) in [6, 6.07) is 17.7. The average molecular weight is 398 g/mol. The van der Waals surface area contributed by atoms with Crippen LogP contribution >= 0.6 is 0 Å². The highest BCUT2D eigenvalue weighted by Gasteiger charge is 2.14. The van der Waals surface area contributed by atoms with Gasteiger partial charge < -0.3 is 10.1 Å². The van der Waals surface area contributed by atoms with Crippen LogP contribution in [0.15, 0.2) is 71.8 Å². The van der Waals surface area contributed by atoms with Gasteiger partial charge in [-0.05, 0) is 74.9 Å². The van der Waals surface area contributed by atoms with Crippen molar-refractivity contribution in [3.8, 4) is 5.75 Å². The smallest absolute Gasteiger partial charge is 0.261 e. The van der Waals surface area contributed by atoms with Gasteiger partial charge in [-0.15, -0.1) is 0 Å². The molecule has 0 atom stereocenters. The number of aromatic nitrogens is 1. The number of pyridine rings is 1. The summed E-state index contributed by atoms with van der Waals surface area (Å²) in [5, 5.41) is 3.17. The number of hydrogen-bond donors (Lipinski definition) is 2. The Bertz CT molecular complexity index is 1030. The topological polar surface area (TPSA) is 80.3 Å². The van der Waals surface area contributed by atoms with Crippen molar-refractivity contribution in [1.29, 1.82) is 0 Å². The highest BCUT2D eigenvalue weighted by Crippen LogP contribution is 2.21. The van der Waals surface area contributed by atoms with Crippen molar-refractivity contribution >= 4 is 27.2 Å². The first-order valence-corrected chi connectivity index (χ1v) is 10.4. The number of anilines is 3. The van der Waals surface area contributed by atoms with Crippen molar-refractivity contribution in [2.24, 2.45) is 0 Å². The fourth-order valence-corrected chi connectivity index (χ4v) is 3.71. The molecule has 0 unspecified atom stereocenters. The molecule has 0 spiro atoms. The molecule has 2 aromatic carbocycles. The molecule has 0 aliphatic carbocycles. The molecule has 0 fully saturated rings. The molecule has 0 bridgehead atoms. The van der Waals surface area contributed by atoms with Crippen LogP contribution in [0.4, 0.5) is 17.2 Å². The minimum atomic E-state index is -3.65. The molecule has 0 aliphatic rings. The van der Waals surface area contributed by atoms with Crippen molar-refractivity contribution in [2.75, 3.05) is 10.0 Å². The molecule has 1 aromatic heterocycles. The van der Waals surface area contributed by atoms with Gasteiger partial charge in [0.15, 0.2) is 0 Å². The summed E-state index contributed by atoms with van der Waals surface area (Å²) in [4.78, 5) is 4.49. The van der Waals surface area contributed by atoms with Gasteiger partial charge in [0.2, 0.25) is 0 Å².